The quantitative estimate of drug-likeness (QED) is 0.382. The van der Waals surface area contributed by atoms with Crippen molar-refractivity contribution in [1.82, 2.24) is 5.32 Å². The zero-order valence-corrected chi connectivity index (χ0v) is 13.8. The minimum absolute atomic E-state index is 0.00252. The zero-order valence-electron chi connectivity index (χ0n) is 12.9. The number of esters is 1. The molecule has 0 aliphatic heterocycles. The number of rotatable bonds is 8. The van der Waals surface area contributed by atoms with Crippen molar-refractivity contribution in [3.05, 3.63) is 23.7 Å². The highest BCUT2D eigenvalue weighted by molar-refractivity contribution is 7.80. The van der Waals surface area contributed by atoms with Gasteiger partial charge in [0.15, 0.2) is 5.54 Å². The molecule has 0 radical (unpaired) electrons. The maximum absolute atomic E-state index is 12.2. The fraction of sp³-hybridized carbons (Fsp3) is 0.500. The third-order valence-electron chi connectivity index (χ3n) is 3.21. The number of aryl methyl sites for hydroxylation is 1. The van der Waals surface area contributed by atoms with Gasteiger partial charge in [0.1, 0.15) is 11.5 Å². The fourth-order valence-electron chi connectivity index (χ4n) is 2.01. The van der Waals surface area contributed by atoms with Gasteiger partial charge in [-0.25, -0.2) is 4.79 Å². The van der Waals surface area contributed by atoms with Crippen LogP contribution in [-0.4, -0.2) is 47.4 Å². The van der Waals surface area contributed by atoms with Crippen molar-refractivity contribution in [2.24, 2.45) is 5.73 Å². The van der Waals surface area contributed by atoms with Gasteiger partial charge in [-0.05, 0) is 19.1 Å². The van der Waals surface area contributed by atoms with E-state index < -0.39 is 35.8 Å². The van der Waals surface area contributed by atoms with E-state index in [-0.39, 0.29) is 12.2 Å². The van der Waals surface area contributed by atoms with E-state index in [1.54, 1.807) is 19.1 Å². The summed E-state index contributed by atoms with van der Waals surface area (Å²) >= 11 is 4.13. The number of hydrogen-bond donors (Lipinski definition) is 4. The molecule has 1 amide bonds. The number of nitrogens with two attached hydrogens (primary N) is 1. The number of hydrogen-bond acceptors (Lipinski definition) is 7. The first-order valence-corrected chi connectivity index (χ1v) is 7.41. The summed E-state index contributed by atoms with van der Waals surface area (Å²) in [4.78, 5) is 34.9. The number of carbonyl (C=O) groups excluding carboxylic acids is 2. The predicted molar refractivity (Wildman–Crippen MR) is 84.1 cm³/mol. The van der Waals surface area contributed by atoms with Crippen molar-refractivity contribution < 1.29 is 28.6 Å². The Morgan fingerprint density at radius 2 is 2.13 bits per heavy atom. The zero-order chi connectivity index (χ0) is 17.6. The van der Waals surface area contributed by atoms with E-state index in [0.717, 1.165) is 0 Å². The van der Waals surface area contributed by atoms with Crippen LogP contribution in [-0.2, 0) is 25.5 Å². The molecule has 128 valence electrons. The summed E-state index contributed by atoms with van der Waals surface area (Å²) in [7, 11) is 1.18. The molecule has 1 rings (SSSR count). The molecule has 0 aromatic carbocycles. The number of carboxylic acid groups (broad SMARTS) is 1. The lowest BCUT2D eigenvalue weighted by atomic mass is 9.95. The van der Waals surface area contributed by atoms with E-state index in [2.05, 4.69) is 17.9 Å². The number of furan rings is 1. The van der Waals surface area contributed by atoms with E-state index in [1.807, 2.05) is 0 Å². The Morgan fingerprint density at radius 1 is 1.48 bits per heavy atom. The van der Waals surface area contributed by atoms with Gasteiger partial charge in [0, 0.05) is 12.2 Å². The van der Waals surface area contributed by atoms with Crippen LogP contribution >= 0.6 is 12.6 Å². The number of carbonyl (C=O) groups is 3. The SMILES string of the molecule is COC(=O)[C@](CS)(Cc1ccc(C)o1)NC(=O)[C@@H](N)CC(=O)O. The van der Waals surface area contributed by atoms with Gasteiger partial charge >= 0.3 is 11.9 Å². The molecular weight excluding hydrogens is 324 g/mol. The topological polar surface area (TPSA) is 132 Å². The Hall–Kier alpha value is -2.00. The molecule has 0 fully saturated rings. The van der Waals surface area contributed by atoms with Crippen LogP contribution in [0.4, 0.5) is 0 Å². The minimum atomic E-state index is -1.50. The second-order valence-corrected chi connectivity index (χ2v) is 5.43. The van der Waals surface area contributed by atoms with Crippen molar-refractivity contribution in [3.8, 4) is 0 Å². The summed E-state index contributed by atoms with van der Waals surface area (Å²) < 4.78 is 10.2. The van der Waals surface area contributed by atoms with E-state index in [0.29, 0.717) is 11.5 Å². The van der Waals surface area contributed by atoms with Gasteiger partial charge < -0.3 is 25.3 Å². The van der Waals surface area contributed by atoms with E-state index >= 15 is 0 Å². The Kier molecular flexibility index (Phi) is 6.64. The van der Waals surface area contributed by atoms with Gasteiger partial charge in [0.25, 0.3) is 0 Å². The number of carboxylic acids is 1. The molecule has 0 aliphatic rings. The highest BCUT2D eigenvalue weighted by Gasteiger charge is 2.42. The van der Waals surface area contributed by atoms with Crippen molar-refractivity contribution in [2.45, 2.75) is 31.3 Å². The van der Waals surface area contributed by atoms with Gasteiger partial charge in [0.2, 0.25) is 5.91 Å². The van der Waals surface area contributed by atoms with Crippen molar-refractivity contribution in [3.63, 3.8) is 0 Å². The minimum Gasteiger partial charge on any atom is -0.481 e. The second-order valence-electron chi connectivity index (χ2n) is 5.11. The highest BCUT2D eigenvalue weighted by atomic mass is 32.1. The average molecular weight is 344 g/mol. The normalized spacial score (nSPS) is 14.6. The van der Waals surface area contributed by atoms with Crippen LogP contribution in [0.25, 0.3) is 0 Å². The Morgan fingerprint density at radius 3 is 2.57 bits per heavy atom. The fourth-order valence-corrected chi connectivity index (χ4v) is 2.33. The number of methoxy groups -OCH3 is 1. The lowest BCUT2D eigenvalue weighted by Gasteiger charge is -2.30. The van der Waals surface area contributed by atoms with Crippen LogP contribution in [0, 0.1) is 6.92 Å². The van der Waals surface area contributed by atoms with Crippen LogP contribution in [0.2, 0.25) is 0 Å². The molecule has 8 nitrogen and oxygen atoms in total. The molecule has 1 aromatic heterocycles. The van der Waals surface area contributed by atoms with Crippen molar-refractivity contribution in [1.29, 1.82) is 0 Å². The van der Waals surface area contributed by atoms with E-state index in [9.17, 15) is 14.4 Å². The van der Waals surface area contributed by atoms with Crippen LogP contribution in [0.1, 0.15) is 17.9 Å². The largest absolute Gasteiger partial charge is 0.481 e. The number of ether oxygens (including phenoxy) is 1. The molecule has 0 unspecified atom stereocenters. The maximum Gasteiger partial charge on any atom is 0.332 e. The van der Waals surface area contributed by atoms with E-state index in [1.165, 1.54) is 7.11 Å². The summed E-state index contributed by atoms with van der Waals surface area (Å²) in [5.74, 6) is -1.71. The Bertz CT molecular complexity index is 588. The lowest BCUT2D eigenvalue weighted by Crippen LogP contribution is -2.61. The van der Waals surface area contributed by atoms with Gasteiger partial charge in [0.05, 0.1) is 19.6 Å². The first-order chi connectivity index (χ1) is 10.7. The van der Waals surface area contributed by atoms with E-state index in [4.69, 9.17) is 20.0 Å². The molecule has 0 saturated carbocycles. The molecule has 23 heavy (non-hydrogen) atoms. The molecular formula is C14H20N2O6S. The monoisotopic (exact) mass is 344 g/mol. The Balaban J connectivity index is 3.01. The summed E-state index contributed by atoms with van der Waals surface area (Å²) in [6.07, 6.45) is -0.557. The maximum atomic E-state index is 12.2. The second kappa shape index (κ2) is 8.02. The van der Waals surface area contributed by atoms with Gasteiger partial charge in [-0.2, -0.15) is 12.6 Å². The molecule has 0 bridgehead atoms. The molecule has 1 aromatic rings. The summed E-state index contributed by atoms with van der Waals surface area (Å²) in [5, 5.41) is 11.2. The Labute approximate surface area is 138 Å². The smallest absolute Gasteiger partial charge is 0.332 e. The number of amides is 1. The van der Waals surface area contributed by atoms with Crippen molar-refractivity contribution >= 4 is 30.5 Å². The van der Waals surface area contributed by atoms with Crippen LogP contribution in [0.15, 0.2) is 16.5 Å². The average Bonchev–Trinajstić information content (AvgIpc) is 2.89. The standard InChI is InChI=1S/C14H20N2O6S/c1-8-3-4-9(22-8)6-14(7-23,13(20)21-2)16-12(19)10(15)5-11(17)18/h3-4,10,23H,5-7,15H2,1-2H3,(H,16,19)(H,17,18)/t10-,14+/m0/s1. The number of aliphatic carboxylic acids is 1. The number of nitrogens with one attached hydrogen (secondary N) is 1. The van der Waals surface area contributed by atoms with Gasteiger partial charge in [-0.3, -0.25) is 9.59 Å². The molecule has 9 heteroatoms. The summed E-state index contributed by atoms with van der Waals surface area (Å²) in [5.41, 5.74) is 4.02. The molecule has 0 saturated heterocycles. The third kappa shape index (κ3) is 5.00. The summed E-state index contributed by atoms with van der Waals surface area (Å²) in [6.45, 7) is 1.74. The first-order valence-electron chi connectivity index (χ1n) is 6.78. The molecule has 1 heterocycles. The highest BCUT2D eigenvalue weighted by Crippen LogP contribution is 2.20. The van der Waals surface area contributed by atoms with Gasteiger partial charge in [-0.15, -0.1) is 0 Å². The summed E-state index contributed by atoms with van der Waals surface area (Å²) in [6, 6.07) is 2.09. The molecule has 0 aliphatic carbocycles. The first kappa shape index (κ1) is 19.0. The van der Waals surface area contributed by atoms with Crippen molar-refractivity contribution in [2.75, 3.05) is 12.9 Å². The molecule has 4 N–H and O–H groups in total. The third-order valence-corrected chi connectivity index (χ3v) is 3.75. The molecule has 0 spiro atoms. The lowest BCUT2D eigenvalue weighted by molar-refractivity contribution is -0.150. The van der Waals surface area contributed by atoms with Crippen LogP contribution in [0.3, 0.4) is 0 Å². The number of thiol groups is 1. The predicted octanol–water partition coefficient (Wildman–Crippen LogP) is -0.110. The van der Waals surface area contributed by atoms with Gasteiger partial charge in [-0.1, -0.05) is 0 Å². The van der Waals surface area contributed by atoms with Crippen LogP contribution in [0.5, 0.6) is 0 Å². The van der Waals surface area contributed by atoms with Crippen LogP contribution < -0.4 is 11.1 Å². The molecule has 2 atom stereocenters.